The summed E-state index contributed by atoms with van der Waals surface area (Å²) in [4.78, 5) is 26.9. The molecule has 0 aromatic carbocycles. The molecule has 1 saturated heterocycles. The zero-order valence-corrected chi connectivity index (χ0v) is 12.1. The molecule has 0 spiro atoms. The third kappa shape index (κ3) is 4.77. The van der Waals surface area contributed by atoms with Gasteiger partial charge in [0, 0.05) is 25.7 Å². The number of rotatable bonds is 5. The molecule has 1 aliphatic heterocycles. The minimum absolute atomic E-state index is 0.00170. The molecule has 0 aliphatic carbocycles. The fourth-order valence-electron chi connectivity index (χ4n) is 2.31. The van der Waals surface area contributed by atoms with Gasteiger partial charge in [-0.15, -0.1) is 0 Å². The predicted octanol–water partition coefficient (Wildman–Crippen LogP) is 1.54. The number of carbonyl (C=O) groups is 2. The molecule has 4 heteroatoms. The smallest absolute Gasteiger partial charge is 0.230 e. The third-order valence-corrected chi connectivity index (χ3v) is 3.80. The molecule has 0 atom stereocenters. The van der Waals surface area contributed by atoms with Gasteiger partial charge in [0.05, 0.1) is 6.42 Å². The molecule has 0 aromatic heterocycles. The second-order valence-electron chi connectivity index (χ2n) is 5.74. The van der Waals surface area contributed by atoms with Gasteiger partial charge in [-0.1, -0.05) is 0 Å². The Morgan fingerprint density at radius 3 is 2.28 bits per heavy atom. The second-order valence-corrected chi connectivity index (χ2v) is 5.74. The van der Waals surface area contributed by atoms with Gasteiger partial charge in [-0.05, 0) is 46.6 Å². The van der Waals surface area contributed by atoms with Crippen LogP contribution in [0.5, 0.6) is 0 Å². The first-order valence-corrected chi connectivity index (χ1v) is 6.87. The normalized spacial score (nSPS) is 17.6. The van der Waals surface area contributed by atoms with E-state index in [1.165, 1.54) is 6.92 Å². The number of piperidine rings is 1. The van der Waals surface area contributed by atoms with Crippen molar-refractivity contribution in [2.75, 3.05) is 26.7 Å². The molecule has 18 heavy (non-hydrogen) atoms. The molecule has 0 N–H and O–H groups in total. The van der Waals surface area contributed by atoms with E-state index in [1.54, 1.807) is 0 Å². The fourth-order valence-corrected chi connectivity index (χ4v) is 2.31. The highest BCUT2D eigenvalue weighted by atomic mass is 16.2. The Kier molecular flexibility index (Phi) is 5.79. The van der Waals surface area contributed by atoms with E-state index in [0.29, 0.717) is 12.0 Å². The summed E-state index contributed by atoms with van der Waals surface area (Å²) in [7, 11) is 2.15. The lowest BCUT2D eigenvalue weighted by atomic mass is 9.95. The maximum atomic E-state index is 11.7. The van der Waals surface area contributed by atoms with Crippen molar-refractivity contribution in [2.45, 2.75) is 46.1 Å². The van der Waals surface area contributed by atoms with Crippen molar-refractivity contribution in [3.05, 3.63) is 0 Å². The maximum absolute atomic E-state index is 11.7. The molecule has 4 nitrogen and oxygen atoms in total. The average molecular weight is 254 g/mol. The topological polar surface area (TPSA) is 40.6 Å². The lowest BCUT2D eigenvalue weighted by Gasteiger charge is -2.34. The molecule has 0 bridgehead atoms. The van der Waals surface area contributed by atoms with E-state index in [9.17, 15) is 9.59 Å². The molecule has 1 amide bonds. The highest BCUT2D eigenvalue weighted by Gasteiger charge is 2.24. The van der Waals surface area contributed by atoms with Crippen LogP contribution >= 0.6 is 0 Å². The van der Waals surface area contributed by atoms with Gasteiger partial charge in [0.1, 0.15) is 5.78 Å². The van der Waals surface area contributed by atoms with E-state index < -0.39 is 0 Å². The van der Waals surface area contributed by atoms with Crippen LogP contribution in [0.25, 0.3) is 0 Å². The minimum atomic E-state index is -0.0401. The Morgan fingerprint density at radius 2 is 1.83 bits per heavy atom. The van der Waals surface area contributed by atoms with E-state index in [-0.39, 0.29) is 18.1 Å². The first-order valence-electron chi connectivity index (χ1n) is 6.87. The Bertz CT molecular complexity index is 294. The van der Waals surface area contributed by atoms with Crippen LogP contribution in [0.1, 0.15) is 40.0 Å². The van der Waals surface area contributed by atoms with Crippen molar-refractivity contribution < 1.29 is 9.59 Å². The van der Waals surface area contributed by atoms with Crippen LogP contribution in [-0.4, -0.2) is 54.2 Å². The monoisotopic (exact) mass is 254 g/mol. The Morgan fingerprint density at radius 1 is 1.28 bits per heavy atom. The Balaban J connectivity index is 2.32. The predicted molar refractivity (Wildman–Crippen MR) is 72.4 cm³/mol. The summed E-state index contributed by atoms with van der Waals surface area (Å²) in [6.07, 6.45) is 2.18. The largest absolute Gasteiger partial charge is 0.342 e. The van der Waals surface area contributed by atoms with Crippen molar-refractivity contribution >= 4 is 11.7 Å². The van der Waals surface area contributed by atoms with Crippen molar-refractivity contribution in [3.63, 3.8) is 0 Å². The van der Waals surface area contributed by atoms with Crippen LogP contribution in [0.15, 0.2) is 0 Å². The zero-order valence-electron chi connectivity index (χ0n) is 12.1. The summed E-state index contributed by atoms with van der Waals surface area (Å²) in [6, 6.07) is 0.572. The van der Waals surface area contributed by atoms with Gasteiger partial charge in [-0.3, -0.25) is 9.59 Å². The summed E-state index contributed by atoms with van der Waals surface area (Å²) >= 11 is 0. The molecule has 1 fully saturated rings. The van der Waals surface area contributed by atoms with E-state index >= 15 is 0 Å². The van der Waals surface area contributed by atoms with Crippen LogP contribution in [0.2, 0.25) is 0 Å². The third-order valence-electron chi connectivity index (χ3n) is 3.80. The zero-order chi connectivity index (χ0) is 13.7. The first-order chi connectivity index (χ1) is 8.40. The van der Waals surface area contributed by atoms with E-state index in [2.05, 4.69) is 25.8 Å². The molecule has 1 rings (SSSR count). The number of ketones is 1. The lowest BCUT2D eigenvalue weighted by Crippen LogP contribution is -2.42. The van der Waals surface area contributed by atoms with Crippen LogP contribution in [0.3, 0.4) is 0 Å². The van der Waals surface area contributed by atoms with Crippen molar-refractivity contribution in [2.24, 2.45) is 5.92 Å². The second kappa shape index (κ2) is 6.88. The van der Waals surface area contributed by atoms with Gasteiger partial charge in [0.15, 0.2) is 0 Å². The van der Waals surface area contributed by atoms with E-state index in [1.807, 2.05) is 4.90 Å². The highest BCUT2D eigenvalue weighted by Crippen LogP contribution is 2.19. The van der Waals surface area contributed by atoms with E-state index in [0.717, 1.165) is 32.5 Å². The molecular formula is C14H26N2O2. The summed E-state index contributed by atoms with van der Waals surface area (Å²) in [5, 5.41) is 0. The molecule has 0 saturated carbocycles. The minimum Gasteiger partial charge on any atom is -0.342 e. The Labute approximate surface area is 110 Å². The number of hydrogen-bond acceptors (Lipinski definition) is 3. The molecule has 1 heterocycles. The summed E-state index contributed by atoms with van der Waals surface area (Å²) in [5.74, 6) is 0.638. The molecular weight excluding hydrogens is 228 g/mol. The van der Waals surface area contributed by atoms with Crippen molar-refractivity contribution in [1.29, 1.82) is 0 Å². The van der Waals surface area contributed by atoms with Gasteiger partial charge >= 0.3 is 0 Å². The molecule has 0 aromatic rings. The summed E-state index contributed by atoms with van der Waals surface area (Å²) < 4.78 is 0. The fraction of sp³-hybridized carbons (Fsp3) is 0.857. The standard InChI is InChI=1S/C14H26N2O2/c1-11(2)15(4)10-13-5-7-16(8-6-13)14(18)9-12(3)17/h11,13H,5-10H2,1-4H3. The van der Waals surface area contributed by atoms with Crippen LogP contribution in [0.4, 0.5) is 0 Å². The summed E-state index contributed by atoms with van der Waals surface area (Å²) in [5.41, 5.74) is 0. The van der Waals surface area contributed by atoms with E-state index in [4.69, 9.17) is 0 Å². The van der Waals surface area contributed by atoms with Gasteiger partial charge in [0.25, 0.3) is 0 Å². The van der Waals surface area contributed by atoms with Gasteiger partial charge in [-0.25, -0.2) is 0 Å². The average Bonchev–Trinajstić information content (AvgIpc) is 2.28. The quantitative estimate of drug-likeness (QED) is 0.699. The number of carbonyl (C=O) groups excluding carboxylic acids is 2. The molecule has 0 unspecified atom stereocenters. The summed E-state index contributed by atoms with van der Waals surface area (Å²) in [6.45, 7) is 8.59. The SMILES string of the molecule is CC(=O)CC(=O)N1CCC(CN(C)C(C)C)CC1. The number of nitrogens with zero attached hydrogens (tertiary/aromatic N) is 2. The Hall–Kier alpha value is -0.900. The van der Waals surface area contributed by atoms with Crippen molar-refractivity contribution in [1.82, 2.24) is 9.80 Å². The molecule has 0 radical (unpaired) electrons. The van der Waals surface area contributed by atoms with Crippen LogP contribution < -0.4 is 0 Å². The van der Waals surface area contributed by atoms with Gasteiger partial charge in [0.2, 0.25) is 5.91 Å². The van der Waals surface area contributed by atoms with Gasteiger partial charge in [-0.2, -0.15) is 0 Å². The number of likely N-dealkylation sites (tertiary alicyclic amines) is 1. The number of hydrogen-bond donors (Lipinski definition) is 0. The first kappa shape index (κ1) is 15.2. The highest BCUT2D eigenvalue weighted by molar-refractivity contribution is 5.96. The van der Waals surface area contributed by atoms with Gasteiger partial charge < -0.3 is 9.80 Å². The number of amides is 1. The molecule has 104 valence electrons. The van der Waals surface area contributed by atoms with Crippen LogP contribution in [-0.2, 0) is 9.59 Å². The van der Waals surface area contributed by atoms with Crippen LogP contribution in [0, 0.1) is 5.92 Å². The molecule has 1 aliphatic rings. The van der Waals surface area contributed by atoms with Crippen molar-refractivity contribution in [3.8, 4) is 0 Å². The maximum Gasteiger partial charge on any atom is 0.230 e. The lowest BCUT2D eigenvalue weighted by molar-refractivity contribution is -0.136. The number of Topliss-reactive ketones (excluding diaryl/α,β-unsaturated/α-hetero) is 1.